The number of nitrogens with two attached hydrogens (primary N) is 1. The number of carbonyl (C=O) groups is 1. The van der Waals surface area contributed by atoms with Crippen molar-refractivity contribution in [2.45, 2.75) is 0 Å². The molecule has 0 fully saturated rings. The van der Waals surface area contributed by atoms with Crippen LogP contribution in [0.15, 0.2) is 30.5 Å². The van der Waals surface area contributed by atoms with Gasteiger partial charge >= 0.3 is 0 Å². The van der Waals surface area contributed by atoms with Gasteiger partial charge in [0, 0.05) is 11.8 Å². The second-order valence-corrected chi connectivity index (χ2v) is 5.66. The topological polar surface area (TPSA) is 68.0 Å². The fourth-order valence-corrected chi connectivity index (χ4v) is 2.19. The molecule has 0 radical (unpaired) electrons. The lowest BCUT2D eigenvalue weighted by Crippen LogP contribution is -2.15. The lowest BCUT2D eigenvalue weighted by atomic mass is 10.2. The Morgan fingerprint density at radius 3 is 2.38 bits per heavy atom. The molecule has 0 aliphatic carbocycles. The average Bonchev–Trinajstić information content (AvgIpc) is 2.44. The molecule has 0 aliphatic rings. The summed E-state index contributed by atoms with van der Waals surface area (Å²) in [4.78, 5) is 16.3. The summed E-state index contributed by atoms with van der Waals surface area (Å²) in [5, 5.41) is 3.47. The Bertz CT molecular complexity index is 719. The minimum atomic E-state index is -0.440. The van der Waals surface area contributed by atoms with E-state index in [9.17, 15) is 4.79 Å². The molecule has 8 heteroatoms. The number of pyridine rings is 1. The van der Waals surface area contributed by atoms with E-state index >= 15 is 0 Å². The van der Waals surface area contributed by atoms with Gasteiger partial charge in [0.15, 0.2) is 0 Å². The summed E-state index contributed by atoms with van der Waals surface area (Å²) in [5.74, 6) is -0.440. The van der Waals surface area contributed by atoms with Crippen LogP contribution in [0.2, 0.25) is 15.1 Å². The van der Waals surface area contributed by atoms with E-state index in [1.165, 1.54) is 24.4 Å². The van der Waals surface area contributed by atoms with E-state index in [0.29, 0.717) is 16.3 Å². The van der Waals surface area contributed by atoms with E-state index in [-0.39, 0.29) is 20.7 Å². The number of thiocarbonyl (C=S) groups is 1. The van der Waals surface area contributed by atoms with E-state index in [2.05, 4.69) is 10.3 Å². The summed E-state index contributed by atoms with van der Waals surface area (Å²) in [5.41, 5.74) is 6.57. The van der Waals surface area contributed by atoms with Gasteiger partial charge in [-0.3, -0.25) is 9.78 Å². The van der Waals surface area contributed by atoms with Crippen LogP contribution in [0.3, 0.4) is 0 Å². The molecule has 0 saturated heterocycles. The predicted octanol–water partition coefficient (Wildman–Crippen LogP) is 3.93. The van der Waals surface area contributed by atoms with Crippen LogP contribution in [0, 0.1) is 0 Å². The Morgan fingerprint density at radius 1 is 1.14 bits per heavy atom. The van der Waals surface area contributed by atoms with Crippen LogP contribution >= 0.6 is 47.0 Å². The van der Waals surface area contributed by atoms with Crippen molar-refractivity contribution in [1.29, 1.82) is 0 Å². The molecule has 0 bridgehead atoms. The number of nitrogens with zero attached hydrogens (tertiary/aromatic N) is 1. The van der Waals surface area contributed by atoms with Crippen molar-refractivity contribution >= 4 is 63.6 Å². The maximum atomic E-state index is 12.1. The van der Waals surface area contributed by atoms with Crippen molar-refractivity contribution < 1.29 is 4.79 Å². The fourth-order valence-electron chi connectivity index (χ4n) is 1.48. The summed E-state index contributed by atoms with van der Waals surface area (Å²) in [6.07, 6.45) is 1.42. The zero-order valence-electron chi connectivity index (χ0n) is 10.4. The SMILES string of the molecule is NC(=S)c1ccc(C(=O)Nc2cc(Cl)c(Cl)cc2Cl)nc1. The largest absolute Gasteiger partial charge is 0.389 e. The first-order valence-electron chi connectivity index (χ1n) is 5.60. The van der Waals surface area contributed by atoms with Crippen LogP contribution < -0.4 is 11.1 Å². The first kappa shape index (κ1) is 16.0. The summed E-state index contributed by atoms with van der Waals surface area (Å²) in [7, 11) is 0. The van der Waals surface area contributed by atoms with Crippen LogP contribution in [0.25, 0.3) is 0 Å². The smallest absolute Gasteiger partial charge is 0.274 e. The third kappa shape index (κ3) is 3.83. The van der Waals surface area contributed by atoms with Crippen LogP contribution in [0.5, 0.6) is 0 Å². The highest BCUT2D eigenvalue weighted by Crippen LogP contribution is 2.32. The molecule has 0 spiro atoms. The number of anilines is 1. The second-order valence-electron chi connectivity index (χ2n) is 4.00. The van der Waals surface area contributed by atoms with Gasteiger partial charge in [-0.05, 0) is 24.3 Å². The van der Waals surface area contributed by atoms with Crippen LogP contribution in [0.4, 0.5) is 5.69 Å². The van der Waals surface area contributed by atoms with E-state index in [4.69, 9.17) is 52.8 Å². The quantitative estimate of drug-likeness (QED) is 0.643. The Labute approximate surface area is 141 Å². The third-order valence-electron chi connectivity index (χ3n) is 2.54. The monoisotopic (exact) mass is 359 g/mol. The molecule has 21 heavy (non-hydrogen) atoms. The number of nitrogens with one attached hydrogen (secondary N) is 1. The number of hydrogen-bond acceptors (Lipinski definition) is 3. The van der Waals surface area contributed by atoms with Crippen molar-refractivity contribution in [2.24, 2.45) is 5.73 Å². The van der Waals surface area contributed by atoms with Crippen molar-refractivity contribution in [3.8, 4) is 0 Å². The number of benzene rings is 1. The molecule has 0 aliphatic heterocycles. The molecule has 2 rings (SSSR count). The summed E-state index contributed by atoms with van der Waals surface area (Å²) in [6.45, 7) is 0. The molecule has 2 aromatic rings. The highest BCUT2D eigenvalue weighted by atomic mass is 35.5. The molecule has 1 aromatic heterocycles. The van der Waals surface area contributed by atoms with Gasteiger partial charge in [-0.2, -0.15) is 0 Å². The standard InChI is InChI=1S/C13H8Cl3N3OS/c14-7-3-9(16)11(4-8(7)15)19-13(20)10-2-1-6(5-18-10)12(17)21/h1-5H,(H2,17,21)(H,19,20). The van der Waals surface area contributed by atoms with Gasteiger partial charge in [-0.15, -0.1) is 0 Å². The molecule has 3 N–H and O–H groups in total. The highest BCUT2D eigenvalue weighted by molar-refractivity contribution is 7.80. The first-order valence-corrected chi connectivity index (χ1v) is 7.14. The molecule has 0 unspecified atom stereocenters. The lowest BCUT2D eigenvalue weighted by molar-refractivity contribution is 0.102. The van der Waals surface area contributed by atoms with E-state index in [1.807, 2.05) is 0 Å². The normalized spacial score (nSPS) is 10.2. The molecule has 1 heterocycles. The summed E-state index contributed by atoms with van der Waals surface area (Å²) in [6, 6.07) is 6.04. The Kier molecular flexibility index (Phi) is 5.00. The van der Waals surface area contributed by atoms with Gasteiger partial charge in [0.1, 0.15) is 10.7 Å². The Balaban J connectivity index is 2.22. The molecule has 0 atom stereocenters. The van der Waals surface area contributed by atoms with Gasteiger partial charge in [-0.25, -0.2) is 0 Å². The average molecular weight is 361 g/mol. The number of carbonyl (C=O) groups excluding carboxylic acids is 1. The van der Waals surface area contributed by atoms with E-state index in [1.54, 1.807) is 6.07 Å². The molecular weight excluding hydrogens is 353 g/mol. The zero-order chi connectivity index (χ0) is 15.6. The van der Waals surface area contributed by atoms with Gasteiger partial charge in [-0.1, -0.05) is 47.0 Å². The second kappa shape index (κ2) is 6.58. The van der Waals surface area contributed by atoms with E-state index in [0.717, 1.165) is 0 Å². The van der Waals surface area contributed by atoms with Crippen molar-refractivity contribution in [3.05, 3.63) is 56.8 Å². The molecule has 1 aromatic carbocycles. The van der Waals surface area contributed by atoms with Crippen LogP contribution in [-0.4, -0.2) is 15.9 Å². The van der Waals surface area contributed by atoms with Gasteiger partial charge in [0.05, 0.1) is 20.8 Å². The van der Waals surface area contributed by atoms with Crippen molar-refractivity contribution in [3.63, 3.8) is 0 Å². The predicted molar refractivity (Wildman–Crippen MR) is 89.5 cm³/mol. The maximum absolute atomic E-state index is 12.1. The van der Waals surface area contributed by atoms with Gasteiger partial charge < -0.3 is 11.1 Å². The Morgan fingerprint density at radius 2 is 1.81 bits per heavy atom. The number of halogens is 3. The number of rotatable bonds is 3. The number of aromatic nitrogens is 1. The highest BCUT2D eigenvalue weighted by Gasteiger charge is 2.12. The summed E-state index contributed by atoms with van der Waals surface area (Å²) < 4.78 is 0. The van der Waals surface area contributed by atoms with Crippen molar-refractivity contribution in [2.75, 3.05) is 5.32 Å². The number of hydrogen-bond donors (Lipinski definition) is 2. The fraction of sp³-hybridized carbons (Fsp3) is 0. The van der Waals surface area contributed by atoms with E-state index < -0.39 is 5.91 Å². The Hall–Kier alpha value is -1.40. The van der Waals surface area contributed by atoms with Gasteiger partial charge in [0.2, 0.25) is 0 Å². The lowest BCUT2D eigenvalue weighted by Gasteiger charge is -2.08. The van der Waals surface area contributed by atoms with Crippen molar-refractivity contribution in [1.82, 2.24) is 4.98 Å². The molecule has 4 nitrogen and oxygen atoms in total. The van der Waals surface area contributed by atoms with Crippen LogP contribution in [-0.2, 0) is 0 Å². The molecule has 1 amide bonds. The minimum Gasteiger partial charge on any atom is -0.389 e. The molecule has 0 saturated carbocycles. The molecule has 108 valence electrons. The molecular formula is C13H8Cl3N3OS. The van der Waals surface area contributed by atoms with Gasteiger partial charge in [0.25, 0.3) is 5.91 Å². The van der Waals surface area contributed by atoms with Crippen LogP contribution in [0.1, 0.15) is 16.1 Å². The minimum absolute atomic E-state index is 0.192. The number of amides is 1. The zero-order valence-corrected chi connectivity index (χ0v) is 13.4. The third-order valence-corrected chi connectivity index (χ3v) is 3.81. The first-order chi connectivity index (χ1) is 9.88. The maximum Gasteiger partial charge on any atom is 0.274 e. The summed E-state index contributed by atoms with van der Waals surface area (Å²) >= 11 is 22.5.